The Morgan fingerprint density at radius 1 is 1.30 bits per heavy atom. The van der Waals surface area contributed by atoms with Crippen molar-refractivity contribution in [2.75, 3.05) is 56.2 Å². The molecule has 5 heteroatoms. The third kappa shape index (κ3) is 3.04. The second-order valence-corrected chi connectivity index (χ2v) is 5.45. The van der Waals surface area contributed by atoms with Crippen LogP contribution in [-0.4, -0.2) is 61.9 Å². The van der Waals surface area contributed by atoms with Crippen molar-refractivity contribution in [1.82, 2.24) is 9.88 Å². The Balaban J connectivity index is 1.62. The Bertz CT molecular complexity index is 434. The fraction of sp³-hybridized carbons (Fsp3) is 0.667. The van der Waals surface area contributed by atoms with E-state index >= 15 is 0 Å². The number of nitrogens with zero attached hydrogens (tertiary/aromatic N) is 3. The van der Waals surface area contributed by atoms with E-state index in [1.54, 1.807) is 0 Å². The zero-order chi connectivity index (χ0) is 13.8. The number of morpholine rings is 1. The number of anilines is 2. The van der Waals surface area contributed by atoms with Crippen molar-refractivity contribution < 1.29 is 4.74 Å². The molecule has 110 valence electrons. The van der Waals surface area contributed by atoms with Gasteiger partial charge in [-0.15, -0.1) is 0 Å². The summed E-state index contributed by atoms with van der Waals surface area (Å²) < 4.78 is 5.44. The van der Waals surface area contributed by atoms with Crippen molar-refractivity contribution >= 4 is 11.6 Å². The van der Waals surface area contributed by atoms with Gasteiger partial charge in [-0.2, -0.15) is 0 Å². The summed E-state index contributed by atoms with van der Waals surface area (Å²) in [5.74, 6) is 2.07. The number of aromatic nitrogens is 1. The molecular weight excluding hydrogens is 252 g/mol. The Morgan fingerprint density at radius 2 is 2.15 bits per heavy atom. The van der Waals surface area contributed by atoms with Crippen LogP contribution in [0.2, 0.25) is 0 Å². The number of rotatable bonds is 4. The second kappa shape index (κ2) is 6.41. The number of hydrogen-bond donors (Lipinski definition) is 1. The van der Waals surface area contributed by atoms with Gasteiger partial charge < -0.3 is 15.0 Å². The van der Waals surface area contributed by atoms with Crippen LogP contribution in [0.15, 0.2) is 18.2 Å². The largest absolute Gasteiger partial charge is 0.379 e. The molecule has 3 heterocycles. The molecule has 0 aliphatic carbocycles. The van der Waals surface area contributed by atoms with E-state index in [0.717, 1.165) is 57.6 Å². The predicted octanol–water partition coefficient (Wildman–Crippen LogP) is 1.42. The van der Waals surface area contributed by atoms with Crippen LogP contribution in [-0.2, 0) is 4.74 Å². The summed E-state index contributed by atoms with van der Waals surface area (Å²) in [4.78, 5) is 9.67. The number of nitrogens with one attached hydrogen (secondary N) is 1. The molecule has 2 saturated heterocycles. The minimum absolute atomic E-state index is 0.656. The summed E-state index contributed by atoms with van der Waals surface area (Å²) in [7, 11) is 0. The van der Waals surface area contributed by atoms with Gasteiger partial charge in [0.15, 0.2) is 0 Å². The molecule has 2 fully saturated rings. The fourth-order valence-corrected chi connectivity index (χ4v) is 3.07. The van der Waals surface area contributed by atoms with Gasteiger partial charge in [0.1, 0.15) is 11.6 Å². The van der Waals surface area contributed by atoms with Crippen LogP contribution in [0.5, 0.6) is 0 Å². The average molecular weight is 276 g/mol. The van der Waals surface area contributed by atoms with Crippen LogP contribution < -0.4 is 10.2 Å². The molecule has 2 aliphatic heterocycles. The topological polar surface area (TPSA) is 40.6 Å². The minimum Gasteiger partial charge on any atom is -0.379 e. The van der Waals surface area contributed by atoms with Crippen LogP contribution >= 0.6 is 0 Å². The van der Waals surface area contributed by atoms with Crippen LogP contribution in [0.25, 0.3) is 0 Å². The van der Waals surface area contributed by atoms with Gasteiger partial charge in [-0.25, -0.2) is 4.98 Å². The fourth-order valence-electron chi connectivity index (χ4n) is 3.07. The van der Waals surface area contributed by atoms with E-state index in [1.807, 2.05) is 6.07 Å². The van der Waals surface area contributed by atoms with E-state index in [4.69, 9.17) is 9.72 Å². The first-order valence-electron chi connectivity index (χ1n) is 7.64. The zero-order valence-corrected chi connectivity index (χ0v) is 12.2. The van der Waals surface area contributed by atoms with Crippen molar-refractivity contribution in [2.45, 2.75) is 19.4 Å². The maximum atomic E-state index is 5.44. The second-order valence-electron chi connectivity index (χ2n) is 5.45. The summed E-state index contributed by atoms with van der Waals surface area (Å²) in [6, 6.07) is 6.89. The molecule has 1 aromatic heterocycles. The van der Waals surface area contributed by atoms with Crippen LogP contribution in [0.1, 0.15) is 13.3 Å². The number of pyridine rings is 1. The van der Waals surface area contributed by atoms with E-state index in [0.29, 0.717) is 6.04 Å². The molecule has 0 saturated carbocycles. The first-order valence-corrected chi connectivity index (χ1v) is 7.64. The van der Waals surface area contributed by atoms with Gasteiger partial charge in [0.05, 0.1) is 13.2 Å². The summed E-state index contributed by atoms with van der Waals surface area (Å²) in [5.41, 5.74) is 0. The van der Waals surface area contributed by atoms with Crippen molar-refractivity contribution in [3.8, 4) is 0 Å². The summed E-state index contributed by atoms with van der Waals surface area (Å²) in [6.07, 6.45) is 1.23. The third-order valence-electron chi connectivity index (χ3n) is 4.14. The molecule has 0 spiro atoms. The SMILES string of the molecule is CCNc1cccc(N2CCC(N3CCOCC3)C2)n1. The Hall–Kier alpha value is -1.33. The van der Waals surface area contributed by atoms with Crippen LogP contribution in [0.4, 0.5) is 11.6 Å². The molecule has 0 radical (unpaired) electrons. The first-order chi connectivity index (χ1) is 9.86. The molecule has 0 aromatic carbocycles. The van der Waals surface area contributed by atoms with E-state index in [2.05, 4.69) is 34.2 Å². The van der Waals surface area contributed by atoms with Crippen molar-refractivity contribution in [3.05, 3.63) is 18.2 Å². The lowest BCUT2D eigenvalue weighted by Gasteiger charge is -2.32. The maximum absolute atomic E-state index is 5.44. The standard InChI is InChI=1S/C15H24N4O/c1-2-16-14-4-3-5-15(17-14)19-7-6-13(12-19)18-8-10-20-11-9-18/h3-5,13H,2,6-12H2,1H3,(H,16,17). The number of hydrogen-bond acceptors (Lipinski definition) is 5. The summed E-state index contributed by atoms with van der Waals surface area (Å²) in [6.45, 7) is 9.10. The summed E-state index contributed by atoms with van der Waals surface area (Å²) in [5, 5.41) is 3.28. The lowest BCUT2D eigenvalue weighted by molar-refractivity contribution is 0.0209. The Morgan fingerprint density at radius 3 is 2.95 bits per heavy atom. The molecule has 1 atom stereocenters. The normalized spacial score (nSPS) is 24.1. The van der Waals surface area contributed by atoms with Gasteiger partial charge in [0.25, 0.3) is 0 Å². The quantitative estimate of drug-likeness (QED) is 0.901. The molecule has 0 amide bonds. The number of ether oxygens (including phenoxy) is 1. The Labute approximate surface area is 120 Å². The van der Waals surface area contributed by atoms with Gasteiger partial charge >= 0.3 is 0 Å². The predicted molar refractivity (Wildman–Crippen MR) is 81.4 cm³/mol. The molecule has 3 rings (SSSR count). The van der Waals surface area contributed by atoms with Gasteiger partial charge in [-0.1, -0.05) is 6.07 Å². The van der Waals surface area contributed by atoms with Crippen LogP contribution in [0.3, 0.4) is 0 Å². The highest BCUT2D eigenvalue weighted by Gasteiger charge is 2.29. The maximum Gasteiger partial charge on any atom is 0.131 e. The first kappa shape index (κ1) is 13.6. The molecule has 1 aromatic rings. The van der Waals surface area contributed by atoms with Gasteiger partial charge in [-0.05, 0) is 25.5 Å². The van der Waals surface area contributed by atoms with Gasteiger partial charge in [-0.3, -0.25) is 4.90 Å². The highest BCUT2D eigenvalue weighted by Crippen LogP contribution is 2.23. The zero-order valence-electron chi connectivity index (χ0n) is 12.2. The highest BCUT2D eigenvalue weighted by molar-refractivity contribution is 5.47. The molecule has 20 heavy (non-hydrogen) atoms. The molecule has 0 bridgehead atoms. The minimum atomic E-state index is 0.656. The average Bonchev–Trinajstić information content (AvgIpc) is 2.99. The van der Waals surface area contributed by atoms with Gasteiger partial charge in [0.2, 0.25) is 0 Å². The highest BCUT2D eigenvalue weighted by atomic mass is 16.5. The van der Waals surface area contributed by atoms with Gasteiger partial charge in [0, 0.05) is 38.8 Å². The van der Waals surface area contributed by atoms with Crippen molar-refractivity contribution in [2.24, 2.45) is 0 Å². The monoisotopic (exact) mass is 276 g/mol. The van der Waals surface area contributed by atoms with Crippen molar-refractivity contribution in [3.63, 3.8) is 0 Å². The van der Waals surface area contributed by atoms with E-state index in [9.17, 15) is 0 Å². The molecule has 2 aliphatic rings. The van der Waals surface area contributed by atoms with E-state index in [-0.39, 0.29) is 0 Å². The molecular formula is C15H24N4O. The van der Waals surface area contributed by atoms with E-state index < -0.39 is 0 Å². The molecule has 1 N–H and O–H groups in total. The molecule has 5 nitrogen and oxygen atoms in total. The Kier molecular flexibility index (Phi) is 4.38. The lowest BCUT2D eigenvalue weighted by Crippen LogP contribution is -2.44. The van der Waals surface area contributed by atoms with Crippen molar-refractivity contribution in [1.29, 1.82) is 0 Å². The smallest absolute Gasteiger partial charge is 0.131 e. The van der Waals surface area contributed by atoms with E-state index in [1.165, 1.54) is 6.42 Å². The van der Waals surface area contributed by atoms with Crippen LogP contribution in [0, 0.1) is 0 Å². The molecule has 1 unspecified atom stereocenters. The third-order valence-corrected chi connectivity index (χ3v) is 4.14. The summed E-state index contributed by atoms with van der Waals surface area (Å²) >= 11 is 0. The lowest BCUT2D eigenvalue weighted by atomic mass is 10.2.